The van der Waals surface area contributed by atoms with Gasteiger partial charge in [-0.05, 0) is 24.7 Å². The highest BCUT2D eigenvalue weighted by molar-refractivity contribution is 7.88. The normalized spacial score (nSPS) is 11.3. The van der Waals surface area contributed by atoms with Crippen molar-refractivity contribution in [3.8, 4) is 0 Å². The molecule has 1 rings (SSSR count). The van der Waals surface area contributed by atoms with Crippen molar-refractivity contribution in [2.75, 3.05) is 12.5 Å². The molecule has 0 aliphatic rings. The summed E-state index contributed by atoms with van der Waals surface area (Å²) < 4.78 is 24.7. The summed E-state index contributed by atoms with van der Waals surface area (Å²) in [6.07, 6.45) is 0. The van der Waals surface area contributed by atoms with Crippen LogP contribution in [0.2, 0.25) is 0 Å². The van der Waals surface area contributed by atoms with Crippen LogP contribution in [0.4, 0.5) is 5.69 Å². The highest BCUT2D eigenvalue weighted by Gasteiger charge is 2.08. The lowest BCUT2D eigenvalue weighted by molar-refractivity contribution is 0.587. The summed E-state index contributed by atoms with van der Waals surface area (Å²) in [6, 6.07) is 6.93. The average molecular weight is 215 g/mol. The molecule has 5 nitrogen and oxygen atoms in total. The van der Waals surface area contributed by atoms with Gasteiger partial charge in [0.15, 0.2) is 0 Å². The van der Waals surface area contributed by atoms with E-state index >= 15 is 0 Å². The smallest absolute Gasteiger partial charge is 0.215 e. The van der Waals surface area contributed by atoms with E-state index in [0.717, 1.165) is 0 Å². The molecular weight excluding hydrogens is 202 g/mol. The Morgan fingerprint density at radius 1 is 1.43 bits per heavy atom. The lowest BCUT2D eigenvalue weighted by Gasteiger charge is -2.04. The summed E-state index contributed by atoms with van der Waals surface area (Å²) in [5.41, 5.74) is 3.83. The molecule has 0 saturated carbocycles. The van der Waals surface area contributed by atoms with Crippen LogP contribution < -0.4 is 16.0 Å². The molecule has 0 saturated heterocycles. The largest absolute Gasteiger partial charge is 0.324 e. The Kier molecular flexibility index (Phi) is 3.45. The fraction of sp³-hybridized carbons (Fsp3) is 0.250. The van der Waals surface area contributed by atoms with Crippen molar-refractivity contribution in [2.45, 2.75) is 5.75 Å². The zero-order chi connectivity index (χ0) is 10.6. The summed E-state index contributed by atoms with van der Waals surface area (Å²) in [5.74, 6) is 5.16. The Bertz CT molecular complexity index is 403. The Balaban J connectivity index is 2.87. The first-order valence-electron chi connectivity index (χ1n) is 4.04. The van der Waals surface area contributed by atoms with E-state index in [-0.39, 0.29) is 5.75 Å². The maximum atomic E-state index is 11.2. The van der Waals surface area contributed by atoms with Crippen LogP contribution in [0, 0.1) is 0 Å². The number of benzene rings is 1. The molecule has 0 aliphatic heterocycles. The Labute approximate surface area is 83.3 Å². The molecule has 0 amide bonds. The number of nitrogen functional groups attached to an aromatic ring is 1. The fourth-order valence-electron chi connectivity index (χ4n) is 1.04. The van der Waals surface area contributed by atoms with E-state index < -0.39 is 10.0 Å². The number of nitrogens with two attached hydrogens (primary N) is 1. The second-order valence-electron chi connectivity index (χ2n) is 2.81. The zero-order valence-electron chi connectivity index (χ0n) is 7.82. The molecule has 0 unspecified atom stereocenters. The van der Waals surface area contributed by atoms with Crippen LogP contribution in [0.1, 0.15) is 5.56 Å². The zero-order valence-corrected chi connectivity index (χ0v) is 8.64. The highest BCUT2D eigenvalue weighted by Crippen LogP contribution is 2.11. The second kappa shape index (κ2) is 4.41. The molecule has 14 heavy (non-hydrogen) atoms. The van der Waals surface area contributed by atoms with Crippen LogP contribution in [-0.2, 0) is 15.8 Å². The molecule has 1 aromatic carbocycles. The van der Waals surface area contributed by atoms with E-state index in [9.17, 15) is 8.42 Å². The van der Waals surface area contributed by atoms with Gasteiger partial charge in [-0.1, -0.05) is 12.1 Å². The third-order valence-corrected chi connectivity index (χ3v) is 3.10. The number of anilines is 1. The molecule has 0 aromatic heterocycles. The molecule has 1 aromatic rings. The summed E-state index contributed by atoms with van der Waals surface area (Å²) in [6.45, 7) is 0. The van der Waals surface area contributed by atoms with Gasteiger partial charge in [0.1, 0.15) is 0 Å². The predicted octanol–water partition coefficient (Wildman–Crippen LogP) is 0.0214. The van der Waals surface area contributed by atoms with E-state index in [0.29, 0.717) is 11.3 Å². The van der Waals surface area contributed by atoms with E-state index in [4.69, 9.17) is 5.84 Å². The molecule has 6 heteroatoms. The van der Waals surface area contributed by atoms with Gasteiger partial charge in [-0.3, -0.25) is 5.84 Å². The third-order valence-electron chi connectivity index (χ3n) is 1.76. The molecule has 0 bridgehead atoms. The lowest BCUT2D eigenvalue weighted by Crippen LogP contribution is -2.20. The molecule has 0 atom stereocenters. The van der Waals surface area contributed by atoms with Gasteiger partial charge in [-0.25, -0.2) is 13.1 Å². The number of rotatable bonds is 4. The van der Waals surface area contributed by atoms with Crippen molar-refractivity contribution in [3.05, 3.63) is 29.8 Å². The standard InChI is InChI=1S/C8H13N3O2S/c1-10-14(12,13)6-7-3-2-4-8(5-7)11-9/h2-5,10-11H,6,9H2,1H3. The van der Waals surface area contributed by atoms with Crippen molar-refractivity contribution in [2.24, 2.45) is 5.84 Å². The van der Waals surface area contributed by atoms with Gasteiger partial charge in [0.25, 0.3) is 0 Å². The SMILES string of the molecule is CNS(=O)(=O)Cc1cccc(NN)c1. The number of nitrogens with one attached hydrogen (secondary N) is 2. The van der Waals surface area contributed by atoms with Gasteiger partial charge in [0.2, 0.25) is 10.0 Å². The van der Waals surface area contributed by atoms with Crippen LogP contribution in [0.25, 0.3) is 0 Å². The Morgan fingerprint density at radius 2 is 2.14 bits per heavy atom. The topological polar surface area (TPSA) is 84.2 Å². The van der Waals surface area contributed by atoms with E-state index in [1.165, 1.54) is 7.05 Å². The average Bonchev–Trinajstić information content (AvgIpc) is 2.17. The van der Waals surface area contributed by atoms with Gasteiger partial charge in [-0.2, -0.15) is 0 Å². The van der Waals surface area contributed by atoms with Crippen molar-refractivity contribution in [1.82, 2.24) is 4.72 Å². The molecule has 0 aliphatic carbocycles. The van der Waals surface area contributed by atoms with Crippen molar-refractivity contribution in [3.63, 3.8) is 0 Å². The van der Waals surface area contributed by atoms with Gasteiger partial charge in [0, 0.05) is 5.69 Å². The number of hydrazine groups is 1. The van der Waals surface area contributed by atoms with Crippen LogP contribution in [0.5, 0.6) is 0 Å². The van der Waals surface area contributed by atoms with Gasteiger partial charge in [-0.15, -0.1) is 0 Å². The molecular formula is C8H13N3O2S. The molecule has 0 spiro atoms. The fourth-order valence-corrected chi connectivity index (χ4v) is 1.81. The van der Waals surface area contributed by atoms with Crippen LogP contribution in [0.3, 0.4) is 0 Å². The van der Waals surface area contributed by atoms with Crippen LogP contribution in [0.15, 0.2) is 24.3 Å². The molecule has 0 fully saturated rings. The molecule has 78 valence electrons. The molecule has 4 N–H and O–H groups in total. The van der Waals surface area contributed by atoms with E-state index in [1.54, 1.807) is 24.3 Å². The maximum Gasteiger partial charge on any atom is 0.215 e. The van der Waals surface area contributed by atoms with Crippen LogP contribution >= 0.6 is 0 Å². The summed E-state index contributed by atoms with van der Waals surface area (Å²) in [7, 11) is -1.83. The molecule has 0 radical (unpaired) electrons. The predicted molar refractivity (Wildman–Crippen MR) is 55.9 cm³/mol. The first-order chi connectivity index (χ1) is 6.57. The monoisotopic (exact) mass is 215 g/mol. The van der Waals surface area contributed by atoms with Gasteiger partial charge in [0.05, 0.1) is 5.75 Å². The van der Waals surface area contributed by atoms with Crippen molar-refractivity contribution >= 4 is 15.7 Å². The van der Waals surface area contributed by atoms with Crippen molar-refractivity contribution in [1.29, 1.82) is 0 Å². The summed E-state index contributed by atoms with van der Waals surface area (Å²) in [5, 5.41) is 0. The summed E-state index contributed by atoms with van der Waals surface area (Å²) >= 11 is 0. The number of hydrogen-bond donors (Lipinski definition) is 3. The number of hydrogen-bond acceptors (Lipinski definition) is 4. The minimum absolute atomic E-state index is 0.0426. The van der Waals surface area contributed by atoms with Crippen LogP contribution in [-0.4, -0.2) is 15.5 Å². The minimum atomic E-state index is -3.22. The molecule has 0 heterocycles. The van der Waals surface area contributed by atoms with E-state index in [1.807, 2.05) is 0 Å². The first kappa shape index (κ1) is 11.0. The summed E-state index contributed by atoms with van der Waals surface area (Å²) in [4.78, 5) is 0. The Hall–Kier alpha value is -1.11. The second-order valence-corrected chi connectivity index (χ2v) is 4.73. The lowest BCUT2D eigenvalue weighted by atomic mass is 10.2. The third kappa shape index (κ3) is 2.99. The van der Waals surface area contributed by atoms with Gasteiger partial charge < -0.3 is 5.43 Å². The quantitative estimate of drug-likeness (QED) is 0.488. The number of sulfonamides is 1. The van der Waals surface area contributed by atoms with Crippen molar-refractivity contribution < 1.29 is 8.42 Å². The van der Waals surface area contributed by atoms with E-state index in [2.05, 4.69) is 10.1 Å². The highest BCUT2D eigenvalue weighted by atomic mass is 32.2. The Morgan fingerprint density at radius 3 is 2.71 bits per heavy atom. The first-order valence-corrected chi connectivity index (χ1v) is 5.69. The maximum absolute atomic E-state index is 11.2. The minimum Gasteiger partial charge on any atom is -0.324 e. The van der Waals surface area contributed by atoms with Gasteiger partial charge >= 0.3 is 0 Å².